The van der Waals surface area contributed by atoms with Crippen LogP contribution in [0.2, 0.25) is 5.02 Å². The van der Waals surface area contributed by atoms with Gasteiger partial charge in [-0.1, -0.05) is 66.2 Å². The highest BCUT2D eigenvalue weighted by Crippen LogP contribution is 2.58. The lowest BCUT2D eigenvalue weighted by Gasteiger charge is -2.47. The lowest BCUT2D eigenvalue weighted by Crippen LogP contribution is -2.51. The van der Waals surface area contributed by atoms with Crippen LogP contribution in [0.15, 0.2) is 77.9 Å². The number of methoxy groups -OCH3 is 1. The Kier molecular flexibility index (Phi) is 6.47. The first-order valence-corrected chi connectivity index (χ1v) is 12.2. The molecule has 33 heavy (non-hydrogen) atoms. The predicted octanol–water partition coefficient (Wildman–Crippen LogP) is 5.25. The quantitative estimate of drug-likeness (QED) is 0.540. The number of nitrogens with zero attached hydrogens (tertiary/aromatic N) is 1. The third-order valence-corrected chi connectivity index (χ3v) is 7.82. The fourth-order valence-corrected chi connectivity index (χ4v) is 5.97. The van der Waals surface area contributed by atoms with Gasteiger partial charge in [0.2, 0.25) is 0 Å². The van der Waals surface area contributed by atoms with Gasteiger partial charge in [0, 0.05) is 43.1 Å². The molecule has 4 nitrogen and oxygen atoms in total. The highest BCUT2D eigenvalue weighted by molar-refractivity contribution is 6.31. The van der Waals surface area contributed by atoms with Crippen LogP contribution in [0.25, 0.3) is 0 Å². The lowest BCUT2D eigenvalue weighted by molar-refractivity contribution is -0.194. The van der Waals surface area contributed by atoms with Gasteiger partial charge in [0.25, 0.3) is 0 Å². The Bertz CT molecular complexity index is 1050. The molecule has 2 aromatic carbocycles. The van der Waals surface area contributed by atoms with E-state index in [-0.39, 0.29) is 18.1 Å². The third kappa shape index (κ3) is 4.31. The molecule has 0 spiro atoms. The monoisotopic (exact) mass is 465 g/mol. The Morgan fingerprint density at radius 2 is 1.85 bits per heavy atom. The minimum absolute atomic E-state index is 0.0465. The summed E-state index contributed by atoms with van der Waals surface area (Å²) >= 11 is 6.72. The van der Waals surface area contributed by atoms with Crippen molar-refractivity contribution >= 4 is 11.6 Å². The Morgan fingerprint density at radius 1 is 1.09 bits per heavy atom. The first kappa shape index (κ1) is 22.8. The molecule has 2 aromatic rings. The lowest BCUT2D eigenvalue weighted by atomic mass is 9.74. The number of piperidine rings is 1. The molecule has 0 aromatic heterocycles. The standard InChI is InChI=1S/C28H32ClNO3/c1-32-28(33-20-21-7-3-2-4-8-21)13-11-22-12-16-30(17-18-31)26(23(22)19-28)27(14-15-27)24-9-5-6-10-25(24)29/h2-11,19,26,31H,12-18,20H2,1H3. The van der Waals surface area contributed by atoms with E-state index in [9.17, 15) is 5.11 Å². The molecule has 0 bridgehead atoms. The predicted molar refractivity (Wildman–Crippen MR) is 131 cm³/mol. The second kappa shape index (κ2) is 9.36. The van der Waals surface area contributed by atoms with Gasteiger partial charge in [-0.2, -0.15) is 0 Å². The summed E-state index contributed by atoms with van der Waals surface area (Å²) in [6, 6.07) is 18.6. The van der Waals surface area contributed by atoms with Crippen LogP contribution in [0.1, 0.15) is 36.8 Å². The van der Waals surface area contributed by atoms with Crippen molar-refractivity contribution in [2.24, 2.45) is 0 Å². The van der Waals surface area contributed by atoms with E-state index in [0.29, 0.717) is 19.6 Å². The van der Waals surface area contributed by atoms with Crippen LogP contribution >= 0.6 is 11.6 Å². The zero-order chi connectivity index (χ0) is 22.9. The number of fused-ring (bicyclic) bond motifs is 1. The fraction of sp³-hybridized carbons (Fsp3) is 0.429. The van der Waals surface area contributed by atoms with Crippen molar-refractivity contribution in [3.63, 3.8) is 0 Å². The summed E-state index contributed by atoms with van der Waals surface area (Å²) in [5.74, 6) is -0.800. The van der Waals surface area contributed by atoms with Crippen molar-refractivity contribution in [1.29, 1.82) is 0 Å². The smallest absolute Gasteiger partial charge is 0.191 e. The summed E-state index contributed by atoms with van der Waals surface area (Å²) in [7, 11) is 1.73. The van der Waals surface area contributed by atoms with Crippen LogP contribution < -0.4 is 0 Å². The highest BCUT2D eigenvalue weighted by Gasteiger charge is 2.56. The van der Waals surface area contributed by atoms with Crippen LogP contribution in [-0.4, -0.2) is 48.6 Å². The number of aliphatic hydroxyl groups excluding tert-OH is 1. The average molecular weight is 466 g/mol. The van der Waals surface area contributed by atoms with E-state index in [1.165, 1.54) is 16.7 Å². The van der Waals surface area contributed by atoms with E-state index in [4.69, 9.17) is 21.1 Å². The zero-order valence-corrected chi connectivity index (χ0v) is 19.9. The van der Waals surface area contributed by atoms with E-state index in [0.717, 1.165) is 36.4 Å². The normalized spacial score (nSPS) is 26.3. The summed E-state index contributed by atoms with van der Waals surface area (Å²) in [5.41, 5.74) is 4.94. The SMILES string of the molecule is COC1(OCc2ccccc2)C=C2C(=CC1)CCN(CCO)C2C1(c2ccccc2Cl)CC1. The molecule has 1 N–H and O–H groups in total. The van der Waals surface area contributed by atoms with Crippen LogP contribution in [0.3, 0.4) is 0 Å². The maximum absolute atomic E-state index is 9.85. The van der Waals surface area contributed by atoms with Crippen LogP contribution in [-0.2, 0) is 21.5 Å². The molecule has 1 saturated heterocycles. The third-order valence-electron chi connectivity index (χ3n) is 7.49. The Balaban J connectivity index is 1.52. The number of aliphatic hydroxyl groups is 1. The second-order valence-corrected chi connectivity index (χ2v) is 9.78. The van der Waals surface area contributed by atoms with Gasteiger partial charge in [-0.25, -0.2) is 0 Å². The number of ether oxygens (including phenoxy) is 2. The average Bonchev–Trinajstić information content (AvgIpc) is 3.65. The number of β-amino-alcohol motifs (C(OH)–C–C–N with tert-alkyl or cyclic N) is 1. The second-order valence-electron chi connectivity index (χ2n) is 9.37. The minimum Gasteiger partial charge on any atom is -0.395 e. The number of benzene rings is 2. The molecule has 1 aliphatic heterocycles. The van der Waals surface area contributed by atoms with E-state index < -0.39 is 5.79 Å². The molecule has 1 saturated carbocycles. The Labute approximate surface area is 201 Å². The van der Waals surface area contributed by atoms with Gasteiger partial charge in [0.05, 0.1) is 13.2 Å². The Hall–Kier alpha value is -1.95. The highest BCUT2D eigenvalue weighted by atomic mass is 35.5. The van der Waals surface area contributed by atoms with Crippen LogP contribution in [0, 0.1) is 0 Å². The molecular weight excluding hydrogens is 434 g/mol. The van der Waals surface area contributed by atoms with Crippen LogP contribution in [0.4, 0.5) is 0 Å². The van der Waals surface area contributed by atoms with Gasteiger partial charge in [-0.05, 0) is 53.7 Å². The van der Waals surface area contributed by atoms with Gasteiger partial charge in [0.15, 0.2) is 5.79 Å². The van der Waals surface area contributed by atoms with Crippen molar-refractivity contribution in [3.05, 3.63) is 94.0 Å². The molecule has 174 valence electrons. The first-order valence-electron chi connectivity index (χ1n) is 11.9. The fourth-order valence-electron chi connectivity index (χ4n) is 5.65. The summed E-state index contributed by atoms with van der Waals surface area (Å²) < 4.78 is 12.4. The number of likely N-dealkylation sites (tertiary alicyclic amines) is 1. The van der Waals surface area contributed by atoms with Crippen molar-refractivity contribution in [2.75, 3.05) is 26.8 Å². The summed E-state index contributed by atoms with van der Waals surface area (Å²) in [6.07, 6.45) is 8.35. The molecule has 3 aliphatic rings. The first-order chi connectivity index (χ1) is 16.1. The summed E-state index contributed by atoms with van der Waals surface area (Å²) in [5, 5.41) is 10.7. The van der Waals surface area contributed by atoms with Crippen molar-refractivity contribution in [1.82, 2.24) is 4.90 Å². The van der Waals surface area contributed by atoms with Crippen molar-refractivity contribution in [3.8, 4) is 0 Å². The molecule has 5 heteroatoms. The molecule has 5 rings (SSSR count). The van der Waals surface area contributed by atoms with E-state index >= 15 is 0 Å². The number of hydrogen-bond acceptors (Lipinski definition) is 4. The van der Waals surface area contributed by atoms with Crippen molar-refractivity contribution in [2.45, 2.75) is 49.5 Å². The molecule has 2 atom stereocenters. The maximum atomic E-state index is 9.85. The molecule has 2 fully saturated rings. The molecule has 1 heterocycles. The van der Waals surface area contributed by atoms with Gasteiger partial charge in [-0.3, -0.25) is 4.90 Å². The molecule has 0 amide bonds. The number of hydrogen-bond donors (Lipinski definition) is 1. The maximum Gasteiger partial charge on any atom is 0.191 e. The van der Waals surface area contributed by atoms with Gasteiger partial charge in [0.1, 0.15) is 0 Å². The zero-order valence-electron chi connectivity index (χ0n) is 19.2. The van der Waals surface area contributed by atoms with E-state index in [1.54, 1.807) is 7.11 Å². The summed E-state index contributed by atoms with van der Waals surface area (Å²) in [6.45, 7) is 2.21. The van der Waals surface area contributed by atoms with Gasteiger partial charge in [-0.15, -0.1) is 0 Å². The summed E-state index contributed by atoms with van der Waals surface area (Å²) in [4.78, 5) is 2.43. The van der Waals surface area contributed by atoms with Crippen LogP contribution in [0.5, 0.6) is 0 Å². The number of rotatable bonds is 8. The topological polar surface area (TPSA) is 41.9 Å². The van der Waals surface area contributed by atoms with E-state index in [2.05, 4.69) is 41.3 Å². The molecule has 0 radical (unpaired) electrons. The van der Waals surface area contributed by atoms with Gasteiger partial charge < -0.3 is 14.6 Å². The molecule has 2 unspecified atom stereocenters. The minimum atomic E-state index is -0.800. The molecule has 2 aliphatic carbocycles. The Morgan fingerprint density at radius 3 is 2.55 bits per heavy atom. The molecular formula is C28H32ClNO3. The number of halogens is 1. The van der Waals surface area contributed by atoms with E-state index in [1.807, 2.05) is 30.3 Å². The largest absolute Gasteiger partial charge is 0.395 e. The van der Waals surface area contributed by atoms with Crippen molar-refractivity contribution < 1.29 is 14.6 Å². The van der Waals surface area contributed by atoms with Gasteiger partial charge >= 0.3 is 0 Å².